The van der Waals surface area contributed by atoms with Gasteiger partial charge in [-0.15, -0.1) is 0 Å². The zero-order valence-electron chi connectivity index (χ0n) is 16.0. The van der Waals surface area contributed by atoms with Crippen molar-refractivity contribution in [2.75, 3.05) is 20.2 Å². The molecular weight excluding hydrogens is 460 g/mol. The molecule has 0 spiro atoms. The molecule has 2 N–H and O–H groups in total. The van der Waals surface area contributed by atoms with Crippen molar-refractivity contribution in [3.63, 3.8) is 0 Å². The van der Waals surface area contributed by atoms with Crippen molar-refractivity contribution >= 4 is 31.7 Å². The lowest BCUT2D eigenvalue weighted by Crippen LogP contribution is -2.57. The van der Waals surface area contributed by atoms with Crippen molar-refractivity contribution in [1.82, 2.24) is 10.4 Å². The number of hydrogen-bond acceptors (Lipinski definition) is 6. The van der Waals surface area contributed by atoms with E-state index < -0.39 is 20.5 Å². The monoisotopic (exact) mass is 482 g/mol. The number of nitrogens with zero attached hydrogens (tertiary/aromatic N) is 1. The summed E-state index contributed by atoms with van der Waals surface area (Å²) in [6.07, 6.45) is 0.175. The molecule has 1 aliphatic rings. The van der Waals surface area contributed by atoms with Gasteiger partial charge in [0, 0.05) is 24.1 Å². The van der Waals surface area contributed by atoms with E-state index in [9.17, 15) is 18.4 Å². The van der Waals surface area contributed by atoms with Crippen molar-refractivity contribution in [2.45, 2.75) is 29.0 Å². The van der Waals surface area contributed by atoms with Gasteiger partial charge in [0.25, 0.3) is 5.91 Å². The Labute approximate surface area is 178 Å². The number of piperidine rings is 1. The van der Waals surface area contributed by atoms with Crippen LogP contribution in [0.25, 0.3) is 0 Å². The Balaban J connectivity index is 1.83. The molecule has 156 valence electrons. The van der Waals surface area contributed by atoms with E-state index in [0.717, 1.165) is 10.0 Å². The number of methoxy groups -OCH3 is 1. The molecule has 1 amide bonds. The molecule has 9 heteroatoms. The van der Waals surface area contributed by atoms with Gasteiger partial charge in [-0.1, -0.05) is 28.1 Å². The minimum atomic E-state index is -4.02. The van der Waals surface area contributed by atoms with Crippen LogP contribution in [-0.2, 0) is 21.2 Å². The minimum Gasteiger partial charge on any atom is -0.497 e. The number of sulfone groups is 1. The van der Waals surface area contributed by atoms with Crippen molar-refractivity contribution < 1.29 is 23.2 Å². The van der Waals surface area contributed by atoms with Gasteiger partial charge in [-0.2, -0.15) is 0 Å². The molecule has 0 unspecified atom stereocenters. The molecule has 0 saturated carbocycles. The normalized spacial score (nSPS) is 16.9. The van der Waals surface area contributed by atoms with Crippen molar-refractivity contribution in [3.05, 3.63) is 58.6 Å². The van der Waals surface area contributed by atoms with Crippen molar-refractivity contribution in [3.8, 4) is 5.75 Å². The topological polar surface area (TPSA) is 95.9 Å². The maximum absolute atomic E-state index is 13.4. The first-order chi connectivity index (χ1) is 13.8. The Kier molecular flexibility index (Phi) is 6.62. The number of ether oxygens (including phenoxy) is 1. The number of hydroxylamine groups is 1. The molecule has 2 aromatic rings. The van der Waals surface area contributed by atoms with E-state index in [2.05, 4.69) is 20.8 Å². The second kappa shape index (κ2) is 8.83. The average molecular weight is 483 g/mol. The first-order valence-electron chi connectivity index (χ1n) is 9.12. The smallest absolute Gasteiger partial charge is 0.265 e. The largest absolute Gasteiger partial charge is 0.497 e. The van der Waals surface area contributed by atoms with E-state index in [0.29, 0.717) is 25.4 Å². The van der Waals surface area contributed by atoms with E-state index >= 15 is 0 Å². The van der Waals surface area contributed by atoms with E-state index in [1.54, 1.807) is 17.6 Å². The number of amides is 1. The Morgan fingerprint density at radius 3 is 2.24 bits per heavy atom. The first kappa shape index (κ1) is 21.8. The second-order valence-electron chi connectivity index (χ2n) is 7.02. The predicted octanol–water partition coefficient (Wildman–Crippen LogP) is 2.77. The van der Waals surface area contributed by atoms with Gasteiger partial charge in [0.1, 0.15) is 5.75 Å². The van der Waals surface area contributed by atoms with Crippen LogP contribution in [0.4, 0.5) is 0 Å². The van der Waals surface area contributed by atoms with Gasteiger partial charge in [0.15, 0.2) is 14.6 Å². The molecule has 1 saturated heterocycles. The van der Waals surface area contributed by atoms with Gasteiger partial charge in [-0.3, -0.25) is 14.9 Å². The summed E-state index contributed by atoms with van der Waals surface area (Å²) in [4.78, 5) is 14.7. The highest BCUT2D eigenvalue weighted by Gasteiger charge is 2.52. The summed E-state index contributed by atoms with van der Waals surface area (Å²) >= 11 is 3.41. The Bertz CT molecular complexity index is 953. The Hall–Kier alpha value is -1.94. The predicted molar refractivity (Wildman–Crippen MR) is 111 cm³/mol. The molecule has 3 rings (SSSR count). The molecular formula is C20H23BrN2O5S. The highest BCUT2D eigenvalue weighted by atomic mass is 79.9. The quantitative estimate of drug-likeness (QED) is 0.485. The van der Waals surface area contributed by atoms with Crippen LogP contribution in [0.15, 0.2) is 57.9 Å². The summed E-state index contributed by atoms with van der Waals surface area (Å²) in [5, 5.41) is 9.27. The molecule has 0 atom stereocenters. The van der Waals surface area contributed by atoms with Gasteiger partial charge in [-0.05, 0) is 54.8 Å². The number of hydrogen-bond donors (Lipinski definition) is 2. The lowest BCUT2D eigenvalue weighted by atomic mass is 9.94. The van der Waals surface area contributed by atoms with Crippen LogP contribution in [0, 0.1) is 0 Å². The van der Waals surface area contributed by atoms with E-state index in [1.165, 1.54) is 19.2 Å². The van der Waals surface area contributed by atoms with Crippen LogP contribution in [-0.4, -0.2) is 49.4 Å². The third-order valence-corrected chi connectivity index (χ3v) is 8.43. The molecule has 1 aliphatic heterocycles. The summed E-state index contributed by atoms with van der Waals surface area (Å²) in [6.45, 7) is 1.49. The molecule has 29 heavy (non-hydrogen) atoms. The molecule has 0 radical (unpaired) electrons. The van der Waals surface area contributed by atoms with Crippen LogP contribution >= 0.6 is 15.9 Å². The molecule has 2 aromatic carbocycles. The fourth-order valence-electron chi connectivity index (χ4n) is 3.62. The number of benzene rings is 2. The second-order valence-corrected chi connectivity index (χ2v) is 10.2. The molecule has 0 bridgehead atoms. The molecule has 1 heterocycles. The minimum absolute atomic E-state index is 0.0308. The number of carbonyl (C=O) groups excluding carboxylic acids is 1. The SMILES string of the molecule is COc1ccc(S(=O)(=O)C2(C(=O)NO)CCN(Cc3ccc(Br)cc3)CC2)cc1. The van der Waals surface area contributed by atoms with Crippen LogP contribution in [0.2, 0.25) is 0 Å². The summed E-state index contributed by atoms with van der Waals surface area (Å²) in [7, 11) is -2.53. The number of carbonyl (C=O) groups is 1. The van der Waals surface area contributed by atoms with Crippen molar-refractivity contribution in [1.29, 1.82) is 0 Å². The average Bonchev–Trinajstić information content (AvgIpc) is 2.75. The van der Waals surface area contributed by atoms with E-state index in [4.69, 9.17) is 4.74 Å². The third kappa shape index (κ3) is 4.32. The van der Waals surface area contributed by atoms with Crippen LogP contribution in [0.3, 0.4) is 0 Å². The van der Waals surface area contributed by atoms with Gasteiger partial charge in [-0.25, -0.2) is 13.9 Å². The molecule has 1 fully saturated rings. The fraction of sp³-hybridized carbons (Fsp3) is 0.350. The van der Waals surface area contributed by atoms with Gasteiger partial charge < -0.3 is 4.74 Å². The summed E-state index contributed by atoms with van der Waals surface area (Å²) < 4.78 is 31.1. The van der Waals surface area contributed by atoms with Crippen LogP contribution in [0.5, 0.6) is 5.75 Å². The van der Waals surface area contributed by atoms with Gasteiger partial charge in [0.2, 0.25) is 0 Å². The fourth-order valence-corrected chi connectivity index (χ4v) is 5.84. The van der Waals surface area contributed by atoms with Gasteiger partial charge >= 0.3 is 0 Å². The molecule has 7 nitrogen and oxygen atoms in total. The summed E-state index contributed by atoms with van der Waals surface area (Å²) in [5.41, 5.74) is 2.68. The van der Waals surface area contributed by atoms with Crippen LogP contribution < -0.4 is 10.2 Å². The lowest BCUT2D eigenvalue weighted by Gasteiger charge is -2.39. The zero-order chi connectivity index (χ0) is 21.1. The van der Waals surface area contributed by atoms with Crippen molar-refractivity contribution in [2.24, 2.45) is 0 Å². The van der Waals surface area contributed by atoms with Crippen LogP contribution in [0.1, 0.15) is 18.4 Å². The number of rotatable bonds is 6. The highest BCUT2D eigenvalue weighted by molar-refractivity contribution is 9.10. The highest BCUT2D eigenvalue weighted by Crippen LogP contribution is 2.36. The number of nitrogens with one attached hydrogen (secondary N) is 1. The summed E-state index contributed by atoms with van der Waals surface area (Å²) in [6, 6.07) is 13.8. The maximum Gasteiger partial charge on any atom is 0.265 e. The Morgan fingerprint density at radius 2 is 1.72 bits per heavy atom. The molecule has 0 aromatic heterocycles. The standard InChI is InChI=1S/C20H23BrN2O5S/c1-28-17-6-8-18(9-7-17)29(26,27)20(19(24)22-25)10-12-23(13-11-20)14-15-2-4-16(21)5-3-15/h2-9,25H,10-14H2,1H3,(H,22,24). The number of likely N-dealkylation sites (tertiary alicyclic amines) is 1. The first-order valence-corrected chi connectivity index (χ1v) is 11.4. The van der Waals surface area contributed by atoms with E-state index in [-0.39, 0.29) is 17.7 Å². The lowest BCUT2D eigenvalue weighted by molar-refractivity contribution is -0.133. The molecule has 0 aliphatic carbocycles. The zero-order valence-corrected chi connectivity index (χ0v) is 18.4. The third-order valence-electron chi connectivity index (χ3n) is 5.38. The summed E-state index contributed by atoms with van der Waals surface area (Å²) in [5.74, 6) is -0.370. The Morgan fingerprint density at radius 1 is 1.14 bits per heavy atom. The maximum atomic E-state index is 13.4. The van der Waals surface area contributed by atoms with Gasteiger partial charge in [0.05, 0.1) is 12.0 Å². The van der Waals surface area contributed by atoms with E-state index in [1.807, 2.05) is 24.3 Å². The number of halogens is 1.